The van der Waals surface area contributed by atoms with Crippen molar-refractivity contribution in [3.05, 3.63) is 23.9 Å². The van der Waals surface area contributed by atoms with Crippen LogP contribution in [0.5, 0.6) is 0 Å². The van der Waals surface area contributed by atoms with Gasteiger partial charge in [-0.1, -0.05) is 0 Å². The number of hydrogen-bond donors (Lipinski definition) is 0. The number of nitrogens with zero attached hydrogens (tertiary/aromatic N) is 4. The van der Waals surface area contributed by atoms with E-state index < -0.39 is 11.7 Å². The van der Waals surface area contributed by atoms with E-state index in [1.54, 1.807) is 0 Å². The predicted molar refractivity (Wildman–Crippen MR) is 101 cm³/mol. The highest BCUT2D eigenvalue weighted by Crippen LogP contribution is 2.29. The van der Waals surface area contributed by atoms with E-state index >= 15 is 0 Å². The summed E-state index contributed by atoms with van der Waals surface area (Å²) in [5, 5.41) is 0. The van der Waals surface area contributed by atoms with E-state index in [1.165, 1.54) is 31.7 Å². The number of pyridine rings is 1. The summed E-state index contributed by atoms with van der Waals surface area (Å²) >= 11 is 0. The number of likely N-dealkylation sites (tertiary alicyclic amines) is 1. The fraction of sp³-hybridized carbons (Fsp3) is 0.750. The second-order valence-electron chi connectivity index (χ2n) is 8.09. The van der Waals surface area contributed by atoms with Crippen molar-refractivity contribution in [1.29, 1.82) is 0 Å². The summed E-state index contributed by atoms with van der Waals surface area (Å²) < 4.78 is 43.8. The molecule has 1 aromatic heterocycles. The summed E-state index contributed by atoms with van der Waals surface area (Å²) in [5.41, 5.74) is -0.690. The van der Waals surface area contributed by atoms with Crippen LogP contribution in [-0.2, 0) is 10.9 Å². The molecule has 4 heterocycles. The molecular formula is C20H29F3N4O. The first kappa shape index (κ1) is 19.9. The number of piperidine rings is 1. The molecule has 4 rings (SSSR count). The Morgan fingerprint density at radius 3 is 2.32 bits per heavy atom. The molecule has 8 heteroatoms. The third-order valence-electron chi connectivity index (χ3n) is 6.27. The van der Waals surface area contributed by atoms with Crippen LogP contribution in [0.2, 0.25) is 0 Å². The molecule has 0 amide bonds. The summed E-state index contributed by atoms with van der Waals surface area (Å²) in [5.74, 6) is 0.638. The molecule has 0 aliphatic carbocycles. The number of alkyl halides is 3. The molecule has 3 aliphatic rings. The van der Waals surface area contributed by atoms with E-state index in [0.29, 0.717) is 18.0 Å². The molecule has 3 fully saturated rings. The zero-order chi connectivity index (χ0) is 19.6. The van der Waals surface area contributed by atoms with Gasteiger partial charge in [0, 0.05) is 51.6 Å². The Morgan fingerprint density at radius 2 is 1.75 bits per heavy atom. The molecule has 3 saturated heterocycles. The molecule has 0 N–H and O–H groups in total. The van der Waals surface area contributed by atoms with E-state index in [-0.39, 0.29) is 0 Å². The summed E-state index contributed by atoms with van der Waals surface area (Å²) in [4.78, 5) is 11.2. The quantitative estimate of drug-likeness (QED) is 0.779. The Labute approximate surface area is 164 Å². The first-order valence-electron chi connectivity index (χ1n) is 10.4. The highest BCUT2D eigenvalue weighted by atomic mass is 19.4. The molecule has 156 valence electrons. The first-order valence-corrected chi connectivity index (χ1v) is 10.4. The molecule has 5 nitrogen and oxygen atoms in total. The Hall–Kier alpha value is -1.38. The van der Waals surface area contributed by atoms with Gasteiger partial charge in [-0.15, -0.1) is 0 Å². The number of halogens is 3. The number of hydrogen-bond acceptors (Lipinski definition) is 5. The van der Waals surface area contributed by atoms with Gasteiger partial charge in [-0.3, -0.25) is 4.90 Å². The van der Waals surface area contributed by atoms with Crippen LogP contribution in [0.15, 0.2) is 18.3 Å². The lowest BCUT2D eigenvalue weighted by Gasteiger charge is -2.43. The minimum absolute atomic E-state index is 0.427. The Balaban J connectivity index is 1.22. The van der Waals surface area contributed by atoms with E-state index in [1.807, 2.05) is 0 Å². The van der Waals surface area contributed by atoms with Crippen molar-refractivity contribution in [3.8, 4) is 0 Å². The van der Waals surface area contributed by atoms with Gasteiger partial charge < -0.3 is 14.5 Å². The maximum absolute atomic E-state index is 12.7. The lowest BCUT2D eigenvalue weighted by molar-refractivity contribution is -0.137. The average molecular weight is 398 g/mol. The van der Waals surface area contributed by atoms with Crippen LogP contribution in [0, 0.1) is 0 Å². The molecule has 0 spiro atoms. The van der Waals surface area contributed by atoms with Gasteiger partial charge in [0.1, 0.15) is 5.82 Å². The van der Waals surface area contributed by atoms with Crippen LogP contribution in [0.4, 0.5) is 19.0 Å². The van der Waals surface area contributed by atoms with Crippen molar-refractivity contribution in [2.45, 2.75) is 44.0 Å². The van der Waals surface area contributed by atoms with Crippen LogP contribution in [0.3, 0.4) is 0 Å². The fourth-order valence-electron chi connectivity index (χ4n) is 4.60. The van der Waals surface area contributed by atoms with Gasteiger partial charge in [-0.2, -0.15) is 13.2 Å². The Morgan fingerprint density at radius 1 is 1.00 bits per heavy atom. The highest BCUT2D eigenvalue weighted by Gasteiger charge is 2.32. The standard InChI is InChI=1S/C20H29F3N4O/c21-20(22,23)16-3-4-19(24-14-16)27-11-9-26(10-12-27)17-5-7-25(8-6-17)15-18-2-1-13-28-18/h3-4,14,17-18H,1-2,5-13,15H2/t18-/m1/s1. The SMILES string of the molecule is FC(F)(F)c1ccc(N2CCN(C3CCN(C[C@H]4CCCO4)CC3)CC2)nc1. The van der Waals surface area contributed by atoms with Gasteiger partial charge in [0.15, 0.2) is 0 Å². The van der Waals surface area contributed by atoms with E-state index in [4.69, 9.17) is 4.74 Å². The summed E-state index contributed by atoms with van der Waals surface area (Å²) in [6.45, 7) is 7.76. The fourth-order valence-corrected chi connectivity index (χ4v) is 4.60. The van der Waals surface area contributed by atoms with Crippen LogP contribution in [-0.4, -0.2) is 79.3 Å². The topological polar surface area (TPSA) is 31.8 Å². The lowest BCUT2D eigenvalue weighted by atomic mass is 10.0. The molecular weight excluding hydrogens is 369 g/mol. The minimum Gasteiger partial charge on any atom is -0.377 e. The van der Waals surface area contributed by atoms with Gasteiger partial charge in [-0.25, -0.2) is 4.98 Å². The van der Waals surface area contributed by atoms with Crippen LogP contribution in [0.25, 0.3) is 0 Å². The van der Waals surface area contributed by atoms with Gasteiger partial charge in [-0.05, 0) is 50.9 Å². The second kappa shape index (κ2) is 8.55. The minimum atomic E-state index is -4.33. The average Bonchev–Trinajstić information content (AvgIpc) is 3.21. The van der Waals surface area contributed by atoms with Crippen molar-refractivity contribution in [1.82, 2.24) is 14.8 Å². The van der Waals surface area contributed by atoms with E-state index in [0.717, 1.165) is 64.7 Å². The summed E-state index contributed by atoms with van der Waals surface area (Å²) in [7, 11) is 0. The predicted octanol–water partition coefficient (Wildman–Crippen LogP) is 2.87. The van der Waals surface area contributed by atoms with Gasteiger partial charge in [0.2, 0.25) is 0 Å². The Kier molecular flexibility index (Phi) is 6.08. The Bertz CT molecular complexity index is 617. The maximum Gasteiger partial charge on any atom is 0.417 e. The van der Waals surface area contributed by atoms with Crippen molar-refractivity contribution < 1.29 is 17.9 Å². The molecule has 0 saturated carbocycles. The third kappa shape index (κ3) is 4.78. The first-order chi connectivity index (χ1) is 13.5. The number of piperazine rings is 1. The molecule has 1 atom stereocenters. The van der Waals surface area contributed by atoms with Crippen molar-refractivity contribution >= 4 is 5.82 Å². The van der Waals surface area contributed by atoms with Gasteiger partial charge in [0.05, 0.1) is 11.7 Å². The van der Waals surface area contributed by atoms with Crippen LogP contribution < -0.4 is 4.90 Å². The number of aromatic nitrogens is 1. The second-order valence-corrected chi connectivity index (χ2v) is 8.09. The maximum atomic E-state index is 12.7. The highest BCUT2D eigenvalue weighted by molar-refractivity contribution is 5.40. The summed E-state index contributed by atoms with van der Waals surface area (Å²) in [6.07, 6.45) is 1.79. The largest absolute Gasteiger partial charge is 0.417 e. The molecule has 1 aromatic rings. The lowest BCUT2D eigenvalue weighted by Crippen LogP contribution is -2.53. The molecule has 28 heavy (non-hydrogen) atoms. The van der Waals surface area contributed by atoms with Crippen LogP contribution >= 0.6 is 0 Å². The van der Waals surface area contributed by atoms with Gasteiger partial charge >= 0.3 is 6.18 Å². The molecule has 0 radical (unpaired) electrons. The van der Waals surface area contributed by atoms with Gasteiger partial charge in [0.25, 0.3) is 0 Å². The van der Waals surface area contributed by atoms with E-state index in [2.05, 4.69) is 19.7 Å². The molecule has 0 aromatic carbocycles. The normalized spacial score (nSPS) is 26.1. The molecule has 0 unspecified atom stereocenters. The number of ether oxygens (including phenoxy) is 1. The van der Waals surface area contributed by atoms with Crippen molar-refractivity contribution in [2.24, 2.45) is 0 Å². The third-order valence-corrected chi connectivity index (χ3v) is 6.27. The van der Waals surface area contributed by atoms with Crippen LogP contribution in [0.1, 0.15) is 31.2 Å². The zero-order valence-electron chi connectivity index (χ0n) is 16.2. The number of rotatable bonds is 4. The van der Waals surface area contributed by atoms with Crippen molar-refractivity contribution in [2.75, 3.05) is 57.3 Å². The monoisotopic (exact) mass is 398 g/mol. The zero-order valence-corrected chi connectivity index (χ0v) is 16.2. The number of anilines is 1. The van der Waals surface area contributed by atoms with E-state index in [9.17, 15) is 13.2 Å². The van der Waals surface area contributed by atoms with Crippen molar-refractivity contribution in [3.63, 3.8) is 0 Å². The summed E-state index contributed by atoms with van der Waals surface area (Å²) in [6, 6.07) is 3.23. The molecule has 0 bridgehead atoms. The molecule has 3 aliphatic heterocycles. The smallest absolute Gasteiger partial charge is 0.377 e.